The summed E-state index contributed by atoms with van der Waals surface area (Å²) in [6, 6.07) is 78.3. The average molecular weight is 1020 g/mol. The third-order valence-corrected chi connectivity index (χ3v) is 11.0. The summed E-state index contributed by atoms with van der Waals surface area (Å²) in [7, 11) is 0. The second-order valence-electron chi connectivity index (χ2n) is 15.3. The van der Waals surface area contributed by atoms with E-state index in [0.29, 0.717) is 24.7 Å². The van der Waals surface area contributed by atoms with Gasteiger partial charge in [-0.05, 0) is 75.2 Å². The number of benzene rings is 7. The smallest absolute Gasteiger partial charge is 0.498 e. The number of rotatable bonds is 13. The van der Waals surface area contributed by atoms with Crippen LogP contribution in [0.4, 0.5) is 0 Å². The van der Waals surface area contributed by atoms with Crippen molar-refractivity contribution in [1.29, 1.82) is 0 Å². The maximum absolute atomic E-state index is 6.57. The van der Waals surface area contributed by atoms with E-state index < -0.39 is 0 Å². The van der Waals surface area contributed by atoms with Crippen LogP contribution in [0.5, 0.6) is 11.5 Å². The molecule has 65 heavy (non-hydrogen) atoms. The molecule has 0 aliphatic heterocycles. The van der Waals surface area contributed by atoms with Crippen molar-refractivity contribution in [3.8, 4) is 89.8 Å². The molecule has 10 aromatic rings. The molecule has 312 valence electrons. The Kier molecular flexibility index (Phi) is 13.2. The third kappa shape index (κ3) is 10.1. The van der Waals surface area contributed by atoms with Gasteiger partial charge in [0.05, 0.1) is 13.2 Å². The van der Waals surface area contributed by atoms with Crippen LogP contribution in [0.15, 0.2) is 219 Å². The summed E-state index contributed by atoms with van der Waals surface area (Å²) in [6.07, 6.45) is 5.40. The molecule has 0 aliphatic carbocycles. The van der Waals surface area contributed by atoms with Crippen molar-refractivity contribution in [2.75, 3.05) is 0 Å². The van der Waals surface area contributed by atoms with Crippen LogP contribution in [0.25, 0.3) is 78.3 Å². The SMILES string of the molecule is [Ir+3].[c-]1cc(COc2cc(OCc3c[c-]c(-c4ccccn4)cc3)cc(-c3ccccc3-c3c[c-]c(-c4ccccn4)cc3-c3ccc(-c4ccccc4)cc3)c2)ccc1-c1ccccn1. The monoisotopic (exact) mass is 1020 g/mol. The molecule has 0 fully saturated rings. The zero-order chi connectivity index (χ0) is 42.9. The molecule has 0 spiro atoms. The second kappa shape index (κ2) is 20.2. The van der Waals surface area contributed by atoms with Crippen LogP contribution in [0, 0.1) is 18.2 Å². The van der Waals surface area contributed by atoms with Gasteiger partial charge in [0.1, 0.15) is 11.5 Å². The van der Waals surface area contributed by atoms with Crippen LogP contribution < -0.4 is 9.47 Å². The molecule has 0 amide bonds. The summed E-state index contributed by atoms with van der Waals surface area (Å²) in [6.45, 7) is 0.696. The van der Waals surface area contributed by atoms with E-state index in [1.165, 1.54) is 5.56 Å². The standard InChI is InChI=1S/C59H40N3O2.Ir/c1-2-12-44(13-3-1)45-27-29-46(30-28-45)56-38-49(59-18-8-11-35-62-59)31-32-55(56)54-15-5-4-14-53(54)50-36-51(63-40-42-19-23-47(24-20-42)57-16-6-9-33-60-57)39-52(37-50)64-41-43-21-25-48(26-22-43)58-17-7-10-34-61-58;/h1-23,25,27-30,32-39H,40-41H2;/q-3;+3. The number of hydrogen-bond donors (Lipinski definition) is 0. The first-order valence-electron chi connectivity index (χ1n) is 21.2. The molecule has 10 rings (SSSR count). The van der Waals surface area contributed by atoms with E-state index in [9.17, 15) is 0 Å². The Balaban J connectivity index is 0.00000533. The molecular formula is C59H40IrN3O2. The number of ether oxygens (including phenoxy) is 2. The minimum atomic E-state index is 0. The first-order valence-corrected chi connectivity index (χ1v) is 21.2. The quantitative estimate of drug-likeness (QED) is 0.108. The Hall–Kier alpha value is -7.76. The minimum absolute atomic E-state index is 0. The summed E-state index contributed by atoms with van der Waals surface area (Å²) >= 11 is 0. The van der Waals surface area contributed by atoms with E-state index in [1.54, 1.807) is 12.4 Å². The molecule has 3 aromatic heterocycles. The second-order valence-corrected chi connectivity index (χ2v) is 15.3. The van der Waals surface area contributed by atoms with Crippen LogP contribution >= 0.6 is 0 Å². The van der Waals surface area contributed by atoms with Crippen LogP contribution in [0.2, 0.25) is 0 Å². The first kappa shape index (κ1) is 42.5. The molecule has 0 bridgehead atoms. The largest absolute Gasteiger partial charge is 3.00 e. The molecule has 0 unspecified atom stereocenters. The zero-order valence-corrected chi connectivity index (χ0v) is 37.6. The van der Waals surface area contributed by atoms with E-state index in [-0.39, 0.29) is 20.1 Å². The van der Waals surface area contributed by atoms with Gasteiger partial charge in [0, 0.05) is 24.7 Å². The molecule has 0 atom stereocenters. The Morgan fingerprint density at radius 2 is 0.815 bits per heavy atom. The van der Waals surface area contributed by atoms with Gasteiger partial charge in [-0.3, -0.25) is 0 Å². The van der Waals surface area contributed by atoms with E-state index >= 15 is 0 Å². The number of aromatic nitrogens is 3. The third-order valence-electron chi connectivity index (χ3n) is 11.0. The molecule has 0 saturated heterocycles. The van der Waals surface area contributed by atoms with Crippen molar-refractivity contribution in [2.24, 2.45) is 0 Å². The molecule has 0 N–H and O–H groups in total. The van der Waals surface area contributed by atoms with Crippen LogP contribution in [-0.2, 0) is 33.3 Å². The zero-order valence-electron chi connectivity index (χ0n) is 35.2. The first-order chi connectivity index (χ1) is 31.7. The predicted octanol–water partition coefficient (Wildman–Crippen LogP) is 14.1. The van der Waals surface area contributed by atoms with Crippen molar-refractivity contribution in [3.63, 3.8) is 0 Å². The summed E-state index contributed by atoms with van der Waals surface area (Å²) in [5, 5.41) is 0. The van der Waals surface area contributed by atoms with Gasteiger partial charge in [0.25, 0.3) is 0 Å². The fourth-order valence-corrected chi connectivity index (χ4v) is 7.75. The fourth-order valence-electron chi connectivity index (χ4n) is 7.75. The average Bonchev–Trinajstić information content (AvgIpc) is 3.38. The van der Waals surface area contributed by atoms with Crippen molar-refractivity contribution >= 4 is 0 Å². The maximum atomic E-state index is 6.57. The van der Waals surface area contributed by atoms with Gasteiger partial charge in [0.2, 0.25) is 0 Å². The van der Waals surface area contributed by atoms with Gasteiger partial charge < -0.3 is 24.4 Å². The van der Waals surface area contributed by atoms with E-state index in [0.717, 1.165) is 83.8 Å². The van der Waals surface area contributed by atoms with E-state index in [1.807, 2.05) is 97.2 Å². The summed E-state index contributed by atoms with van der Waals surface area (Å²) < 4.78 is 13.1. The van der Waals surface area contributed by atoms with Crippen LogP contribution in [0.1, 0.15) is 11.1 Å². The van der Waals surface area contributed by atoms with Crippen LogP contribution in [0.3, 0.4) is 0 Å². The molecule has 0 aliphatic rings. The van der Waals surface area contributed by atoms with Gasteiger partial charge in [-0.1, -0.05) is 143 Å². The van der Waals surface area contributed by atoms with Crippen molar-refractivity contribution in [3.05, 3.63) is 248 Å². The Bertz CT molecular complexity index is 3010. The molecule has 3 heterocycles. The minimum Gasteiger partial charge on any atom is -0.498 e. The Morgan fingerprint density at radius 3 is 1.34 bits per heavy atom. The van der Waals surface area contributed by atoms with Gasteiger partial charge in [0.15, 0.2) is 0 Å². The normalized spacial score (nSPS) is 10.8. The van der Waals surface area contributed by atoms with E-state index in [4.69, 9.17) is 9.47 Å². The summed E-state index contributed by atoms with van der Waals surface area (Å²) in [5.41, 5.74) is 16.0. The predicted molar refractivity (Wildman–Crippen MR) is 256 cm³/mol. The van der Waals surface area contributed by atoms with Crippen molar-refractivity contribution < 1.29 is 29.6 Å². The molecule has 0 radical (unpaired) electrons. The molecule has 5 nitrogen and oxygen atoms in total. The molecule has 7 aromatic carbocycles. The Labute approximate surface area is 393 Å². The number of nitrogens with zero attached hydrogens (tertiary/aromatic N) is 3. The van der Waals surface area contributed by atoms with Gasteiger partial charge in [-0.15, -0.1) is 83.4 Å². The molecule has 0 saturated carbocycles. The van der Waals surface area contributed by atoms with Gasteiger partial charge in [-0.2, -0.15) is 0 Å². The molecular weight excluding hydrogens is 975 g/mol. The van der Waals surface area contributed by atoms with Crippen molar-refractivity contribution in [2.45, 2.75) is 13.2 Å². The van der Waals surface area contributed by atoms with Gasteiger partial charge >= 0.3 is 20.1 Å². The maximum Gasteiger partial charge on any atom is 3.00 e. The summed E-state index contributed by atoms with van der Waals surface area (Å²) in [4.78, 5) is 13.6. The number of hydrogen-bond acceptors (Lipinski definition) is 5. The summed E-state index contributed by atoms with van der Waals surface area (Å²) in [5.74, 6) is 1.36. The number of pyridine rings is 3. The van der Waals surface area contributed by atoms with Crippen LogP contribution in [-0.4, -0.2) is 15.0 Å². The van der Waals surface area contributed by atoms with E-state index in [2.05, 4.69) is 142 Å². The fraction of sp³-hybridized carbons (Fsp3) is 0.0339. The molecule has 6 heteroatoms. The Morgan fingerprint density at radius 1 is 0.338 bits per heavy atom. The topological polar surface area (TPSA) is 57.1 Å². The van der Waals surface area contributed by atoms with Gasteiger partial charge in [-0.25, -0.2) is 0 Å². The van der Waals surface area contributed by atoms with Crippen molar-refractivity contribution in [1.82, 2.24) is 15.0 Å².